The maximum Gasteiger partial charge on any atom is 0.358 e. The topological polar surface area (TPSA) is 91.7 Å². The zero-order valence-corrected chi connectivity index (χ0v) is 9.14. The first-order valence-electron chi connectivity index (χ1n) is 3.55. The summed E-state index contributed by atoms with van der Waals surface area (Å²) in [6.45, 7) is 0.211. The summed E-state index contributed by atoms with van der Waals surface area (Å²) in [5.74, 6) is -0.383. The van der Waals surface area contributed by atoms with Gasteiger partial charge in [0.2, 0.25) is 0 Å². The molecule has 1 unspecified atom stereocenters. The van der Waals surface area contributed by atoms with Gasteiger partial charge in [-0.3, -0.25) is 9.11 Å². The average Bonchev–Trinajstić information content (AvgIpc) is 1.82. The fourth-order valence-electron chi connectivity index (χ4n) is 0.706. The third-order valence-electron chi connectivity index (χ3n) is 1.52. The standard InChI is InChI=1S/C5H13NO5S2/c1-6(2,12(7)8)4-3-5-13(9,10)11/h3-5H2,1-2H3,(H-,7,8,9,10,11)/p+1. The van der Waals surface area contributed by atoms with Crippen molar-refractivity contribution in [3.63, 3.8) is 0 Å². The monoisotopic (exact) mass is 232 g/mol. The molecule has 0 rings (SSSR count). The lowest BCUT2D eigenvalue weighted by molar-refractivity contribution is -0.762. The van der Waals surface area contributed by atoms with Gasteiger partial charge in [0, 0.05) is 6.42 Å². The Hall–Kier alpha value is -0.0200. The minimum atomic E-state index is -3.96. The highest BCUT2D eigenvalue weighted by atomic mass is 32.2. The van der Waals surface area contributed by atoms with Crippen LogP contribution in [0.2, 0.25) is 0 Å². The molecule has 2 N–H and O–H groups in total. The minimum absolute atomic E-state index is 0.151. The largest absolute Gasteiger partial charge is 0.358 e. The first-order chi connectivity index (χ1) is 5.65. The fraction of sp³-hybridized carbons (Fsp3) is 1.00. The first-order valence-corrected chi connectivity index (χ1v) is 6.22. The molecule has 0 saturated heterocycles. The minimum Gasteiger partial charge on any atom is -0.286 e. The third-order valence-corrected chi connectivity index (χ3v) is 3.35. The maximum atomic E-state index is 10.6. The number of quaternary nitrogens is 1. The molecule has 0 aliphatic carbocycles. The summed E-state index contributed by atoms with van der Waals surface area (Å²) in [5, 5.41) is 0. The van der Waals surface area contributed by atoms with E-state index in [9.17, 15) is 12.6 Å². The molecule has 0 heterocycles. The average molecular weight is 232 g/mol. The van der Waals surface area contributed by atoms with Gasteiger partial charge in [-0.15, -0.1) is 0 Å². The molecule has 0 aromatic heterocycles. The quantitative estimate of drug-likeness (QED) is 0.378. The number of hydrogen-bond donors (Lipinski definition) is 2. The van der Waals surface area contributed by atoms with Gasteiger partial charge in [-0.1, -0.05) is 0 Å². The Morgan fingerprint density at radius 1 is 1.38 bits per heavy atom. The number of rotatable bonds is 5. The molecule has 0 spiro atoms. The molecule has 0 aromatic rings. The highest BCUT2D eigenvalue weighted by molar-refractivity contribution is 7.85. The van der Waals surface area contributed by atoms with Crippen LogP contribution < -0.4 is 0 Å². The summed E-state index contributed by atoms with van der Waals surface area (Å²) in [5.41, 5.74) is 0. The maximum absolute atomic E-state index is 10.6. The van der Waals surface area contributed by atoms with Crippen LogP contribution in [0.15, 0.2) is 0 Å². The van der Waals surface area contributed by atoms with E-state index >= 15 is 0 Å². The van der Waals surface area contributed by atoms with Gasteiger partial charge in [-0.05, 0) is 0 Å². The van der Waals surface area contributed by atoms with Crippen molar-refractivity contribution in [3.8, 4) is 0 Å². The van der Waals surface area contributed by atoms with Crippen LogP contribution in [0.5, 0.6) is 0 Å². The summed E-state index contributed by atoms with van der Waals surface area (Å²) in [4.78, 5) is 0. The molecule has 0 aliphatic heterocycles. The second kappa shape index (κ2) is 4.47. The van der Waals surface area contributed by atoms with Crippen molar-refractivity contribution in [3.05, 3.63) is 0 Å². The Kier molecular flexibility index (Phi) is 4.46. The summed E-state index contributed by atoms with van der Waals surface area (Å²) >= 11 is -2.04. The number of nitrogens with zero attached hydrogens (tertiary/aromatic N) is 1. The van der Waals surface area contributed by atoms with E-state index < -0.39 is 21.4 Å². The van der Waals surface area contributed by atoms with Crippen molar-refractivity contribution in [2.45, 2.75) is 6.42 Å². The van der Waals surface area contributed by atoms with E-state index in [0.29, 0.717) is 0 Å². The summed E-state index contributed by atoms with van der Waals surface area (Å²) < 4.78 is 48.2. The van der Waals surface area contributed by atoms with Crippen molar-refractivity contribution in [2.24, 2.45) is 0 Å². The molecular weight excluding hydrogens is 218 g/mol. The molecule has 80 valence electrons. The van der Waals surface area contributed by atoms with Crippen molar-refractivity contribution < 1.29 is 25.6 Å². The Labute approximate surface area is 80.3 Å². The Morgan fingerprint density at radius 2 is 1.85 bits per heavy atom. The van der Waals surface area contributed by atoms with Gasteiger partial charge < -0.3 is 0 Å². The molecule has 0 amide bonds. The van der Waals surface area contributed by atoms with Crippen LogP contribution in [0.25, 0.3) is 0 Å². The Balaban J connectivity index is 3.98. The van der Waals surface area contributed by atoms with Crippen LogP contribution in [0.3, 0.4) is 0 Å². The van der Waals surface area contributed by atoms with E-state index in [-0.39, 0.29) is 22.6 Å². The first kappa shape index (κ1) is 13.0. The molecule has 1 atom stereocenters. The van der Waals surface area contributed by atoms with Gasteiger partial charge in [-0.2, -0.15) is 12.6 Å². The van der Waals surface area contributed by atoms with Crippen molar-refractivity contribution in [2.75, 3.05) is 26.4 Å². The highest BCUT2D eigenvalue weighted by Gasteiger charge is 2.23. The zero-order valence-electron chi connectivity index (χ0n) is 7.50. The van der Waals surface area contributed by atoms with E-state index in [1.165, 1.54) is 14.1 Å². The third kappa shape index (κ3) is 6.11. The second-order valence-corrected chi connectivity index (χ2v) is 6.19. The molecule has 0 saturated carbocycles. The van der Waals surface area contributed by atoms with Gasteiger partial charge in [0.1, 0.15) is 0 Å². The van der Waals surface area contributed by atoms with Crippen LogP contribution in [0.4, 0.5) is 0 Å². The molecule has 8 heteroatoms. The molecule has 0 bridgehead atoms. The van der Waals surface area contributed by atoms with Crippen LogP contribution in [0, 0.1) is 0 Å². The summed E-state index contributed by atoms with van der Waals surface area (Å²) in [6.07, 6.45) is 0.151. The van der Waals surface area contributed by atoms with Crippen LogP contribution >= 0.6 is 0 Å². The van der Waals surface area contributed by atoms with Gasteiger partial charge >= 0.3 is 11.3 Å². The molecule has 0 aromatic carbocycles. The van der Waals surface area contributed by atoms with Gasteiger partial charge in [-0.25, -0.2) is 3.89 Å². The summed E-state index contributed by atoms with van der Waals surface area (Å²) in [7, 11) is -0.963. The van der Waals surface area contributed by atoms with Crippen molar-refractivity contribution in [1.29, 1.82) is 0 Å². The Morgan fingerprint density at radius 3 is 2.15 bits per heavy atom. The lowest BCUT2D eigenvalue weighted by Crippen LogP contribution is -2.42. The van der Waals surface area contributed by atoms with E-state index in [1.807, 2.05) is 0 Å². The van der Waals surface area contributed by atoms with Crippen LogP contribution in [0.1, 0.15) is 6.42 Å². The fourth-order valence-corrected chi connectivity index (χ4v) is 1.49. The molecular formula is C5H14NO5S2+. The lowest BCUT2D eigenvalue weighted by atomic mass is 10.5. The predicted octanol–water partition coefficient (Wildman–Crippen LogP) is -0.523. The molecule has 0 fully saturated rings. The molecule has 6 nitrogen and oxygen atoms in total. The van der Waals surface area contributed by atoms with E-state index in [4.69, 9.17) is 9.11 Å². The van der Waals surface area contributed by atoms with E-state index in [0.717, 1.165) is 0 Å². The molecule has 13 heavy (non-hydrogen) atoms. The Bertz CT molecular complexity index is 283. The number of hydrogen-bond acceptors (Lipinski definition) is 3. The van der Waals surface area contributed by atoms with E-state index in [1.54, 1.807) is 0 Å². The molecule has 0 aliphatic rings. The SMILES string of the molecule is C[N+](C)(CCCS(=O)(=O)O)S(=O)O. The van der Waals surface area contributed by atoms with Gasteiger partial charge in [0.25, 0.3) is 10.1 Å². The van der Waals surface area contributed by atoms with Crippen molar-refractivity contribution >= 4 is 21.4 Å². The predicted molar refractivity (Wildman–Crippen MR) is 48.8 cm³/mol. The molecule has 0 radical (unpaired) electrons. The van der Waals surface area contributed by atoms with Gasteiger partial charge in [0.05, 0.1) is 26.4 Å². The van der Waals surface area contributed by atoms with Crippen LogP contribution in [-0.4, -0.2) is 52.0 Å². The van der Waals surface area contributed by atoms with Gasteiger partial charge in [0.15, 0.2) is 0 Å². The zero-order chi connectivity index (χ0) is 10.7. The van der Waals surface area contributed by atoms with Crippen LogP contribution in [-0.2, 0) is 21.4 Å². The highest BCUT2D eigenvalue weighted by Crippen LogP contribution is 2.03. The van der Waals surface area contributed by atoms with E-state index in [2.05, 4.69) is 0 Å². The van der Waals surface area contributed by atoms with Crippen molar-refractivity contribution in [1.82, 2.24) is 0 Å². The second-order valence-electron chi connectivity index (χ2n) is 3.17. The smallest absolute Gasteiger partial charge is 0.286 e. The summed E-state index contributed by atoms with van der Waals surface area (Å²) in [6, 6.07) is 0. The lowest BCUT2D eigenvalue weighted by Gasteiger charge is -2.22. The normalized spacial score (nSPS) is 15.7.